The highest BCUT2D eigenvalue weighted by Crippen LogP contribution is 2.27. The lowest BCUT2D eigenvalue weighted by molar-refractivity contribution is -0.386. The van der Waals surface area contributed by atoms with Gasteiger partial charge in [-0.3, -0.25) is 10.1 Å². The van der Waals surface area contributed by atoms with Crippen molar-refractivity contribution in [2.45, 2.75) is 13.3 Å². The van der Waals surface area contributed by atoms with E-state index >= 15 is 0 Å². The Balaban J connectivity index is 3.38. The van der Waals surface area contributed by atoms with Gasteiger partial charge in [-0.25, -0.2) is 0 Å². The molecule has 0 unspecified atom stereocenters. The van der Waals surface area contributed by atoms with Gasteiger partial charge in [-0.1, -0.05) is 15.9 Å². The van der Waals surface area contributed by atoms with Gasteiger partial charge in [0, 0.05) is 15.6 Å². The fraction of sp³-hybridized carbons (Fsp3) is 0.222. The van der Waals surface area contributed by atoms with Gasteiger partial charge in [0.2, 0.25) is 0 Å². The van der Waals surface area contributed by atoms with Crippen molar-refractivity contribution in [2.24, 2.45) is 0 Å². The molecule has 0 radical (unpaired) electrons. The molecule has 1 rings (SSSR count). The number of nitrogens with zero attached hydrogens (tertiary/aromatic N) is 2. The quantitative estimate of drug-likeness (QED) is 0.602. The van der Waals surface area contributed by atoms with E-state index in [-0.39, 0.29) is 12.1 Å². The predicted molar refractivity (Wildman–Crippen MR) is 54.9 cm³/mol. The van der Waals surface area contributed by atoms with E-state index in [1.807, 2.05) is 6.07 Å². The molecule has 0 saturated heterocycles. The lowest BCUT2D eigenvalue weighted by Crippen LogP contribution is -1.97. The van der Waals surface area contributed by atoms with Crippen molar-refractivity contribution in [3.8, 4) is 6.07 Å². The lowest BCUT2D eigenvalue weighted by atomic mass is 10.1. The molecule has 72 valence electrons. The van der Waals surface area contributed by atoms with E-state index in [1.54, 1.807) is 19.1 Å². The smallest absolute Gasteiger partial charge is 0.258 e. The topological polar surface area (TPSA) is 66.9 Å². The predicted octanol–water partition coefficient (Wildman–Crippen LogP) is 2.73. The number of nitriles is 1. The summed E-state index contributed by atoms with van der Waals surface area (Å²) in [6.07, 6.45) is 0.0522. The van der Waals surface area contributed by atoms with Gasteiger partial charge in [0.1, 0.15) is 0 Å². The SMILES string of the molecule is Cc1cc(Br)cc(CC#N)c1[N+](=O)[O-]. The average Bonchev–Trinajstić information content (AvgIpc) is 2.01. The molecule has 0 amide bonds. The van der Waals surface area contributed by atoms with E-state index in [4.69, 9.17) is 5.26 Å². The third-order valence-corrected chi connectivity index (χ3v) is 2.25. The Labute approximate surface area is 89.4 Å². The highest BCUT2D eigenvalue weighted by molar-refractivity contribution is 9.10. The first-order chi connectivity index (χ1) is 6.56. The van der Waals surface area contributed by atoms with E-state index < -0.39 is 4.92 Å². The van der Waals surface area contributed by atoms with Gasteiger partial charge in [0.05, 0.1) is 17.4 Å². The summed E-state index contributed by atoms with van der Waals surface area (Å²) >= 11 is 3.23. The van der Waals surface area contributed by atoms with Crippen LogP contribution in [0.3, 0.4) is 0 Å². The summed E-state index contributed by atoms with van der Waals surface area (Å²) in [5.41, 5.74) is 1.05. The minimum atomic E-state index is -0.450. The molecule has 5 heteroatoms. The van der Waals surface area contributed by atoms with Crippen LogP contribution in [0.25, 0.3) is 0 Å². The number of nitro benzene ring substituents is 1. The molecule has 0 heterocycles. The zero-order valence-corrected chi connectivity index (χ0v) is 9.04. The van der Waals surface area contributed by atoms with Gasteiger partial charge >= 0.3 is 0 Å². The maximum atomic E-state index is 10.7. The number of rotatable bonds is 2. The van der Waals surface area contributed by atoms with Crippen LogP contribution >= 0.6 is 15.9 Å². The van der Waals surface area contributed by atoms with Crippen LogP contribution in [0.5, 0.6) is 0 Å². The Kier molecular flexibility index (Phi) is 3.20. The Bertz CT molecular complexity index is 424. The zero-order valence-electron chi connectivity index (χ0n) is 7.45. The molecule has 1 aromatic rings. The van der Waals surface area contributed by atoms with Gasteiger partial charge in [0.25, 0.3) is 5.69 Å². The second-order valence-corrected chi connectivity index (χ2v) is 3.74. The Hall–Kier alpha value is -1.41. The molecule has 0 aliphatic heterocycles. The second kappa shape index (κ2) is 4.20. The highest BCUT2D eigenvalue weighted by atomic mass is 79.9. The molecule has 4 nitrogen and oxygen atoms in total. The summed E-state index contributed by atoms with van der Waals surface area (Å²) in [6.45, 7) is 1.66. The second-order valence-electron chi connectivity index (χ2n) is 2.82. The van der Waals surface area contributed by atoms with Crippen molar-refractivity contribution >= 4 is 21.6 Å². The van der Waals surface area contributed by atoms with E-state index in [0.29, 0.717) is 11.1 Å². The number of benzene rings is 1. The maximum Gasteiger partial charge on any atom is 0.276 e. The van der Waals surface area contributed by atoms with Crippen molar-refractivity contribution in [2.75, 3.05) is 0 Å². The van der Waals surface area contributed by atoms with Crippen molar-refractivity contribution in [1.29, 1.82) is 5.26 Å². The first kappa shape index (κ1) is 10.7. The lowest BCUT2D eigenvalue weighted by Gasteiger charge is -2.02. The minimum absolute atomic E-state index is 0.0368. The summed E-state index contributed by atoms with van der Waals surface area (Å²) in [5, 5.41) is 19.2. The molecular weight excluding hydrogens is 248 g/mol. The van der Waals surface area contributed by atoms with Gasteiger partial charge in [-0.15, -0.1) is 0 Å². The van der Waals surface area contributed by atoms with Crippen LogP contribution in [0.2, 0.25) is 0 Å². The fourth-order valence-electron chi connectivity index (χ4n) is 1.29. The van der Waals surface area contributed by atoms with Crippen LogP contribution in [0.1, 0.15) is 11.1 Å². The monoisotopic (exact) mass is 254 g/mol. The highest BCUT2D eigenvalue weighted by Gasteiger charge is 2.17. The van der Waals surface area contributed by atoms with Crippen molar-refractivity contribution in [1.82, 2.24) is 0 Å². The average molecular weight is 255 g/mol. The molecule has 0 aliphatic rings. The largest absolute Gasteiger partial charge is 0.276 e. The summed E-state index contributed by atoms with van der Waals surface area (Å²) < 4.78 is 0.755. The summed E-state index contributed by atoms with van der Waals surface area (Å²) in [7, 11) is 0. The molecule has 0 aromatic heterocycles. The standard InChI is InChI=1S/C9H7BrN2O2/c1-6-4-8(10)5-7(2-3-11)9(6)12(13)14/h4-5H,2H2,1H3. The van der Waals surface area contributed by atoms with Gasteiger partial charge < -0.3 is 0 Å². The number of hydrogen-bond donors (Lipinski definition) is 0. The van der Waals surface area contributed by atoms with Gasteiger partial charge in [0.15, 0.2) is 0 Å². The molecule has 0 spiro atoms. The Morgan fingerprint density at radius 1 is 1.64 bits per heavy atom. The van der Waals surface area contributed by atoms with Crippen molar-refractivity contribution < 1.29 is 4.92 Å². The first-order valence-electron chi connectivity index (χ1n) is 3.86. The normalized spacial score (nSPS) is 9.50. The number of halogens is 1. The van der Waals surface area contributed by atoms with Crippen LogP contribution in [0.4, 0.5) is 5.69 Å². The van der Waals surface area contributed by atoms with E-state index in [1.165, 1.54) is 0 Å². The molecule has 0 N–H and O–H groups in total. The molecular formula is C9H7BrN2O2. The number of nitro groups is 1. The third-order valence-electron chi connectivity index (χ3n) is 1.80. The summed E-state index contributed by atoms with van der Waals surface area (Å²) in [4.78, 5) is 10.3. The summed E-state index contributed by atoms with van der Waals surface area (Å²) in [5.74, 6) is 0. The number of aryl methyl sites for hydroxylation is 1. The van der Waals surface area contributed by atoms with Crippen LogP contribution in [-0.2, 0) is 6.42 Å². The molecule has 0 atom stereocenters. The molecule has 0 fully saturated rings. The molecule has 0 aliphatic carbocycles. The van der Waals surface area contributed by atoms with E-state index in [0.717, 1.165) is 4.47 Å². The number of hydrogen-bond acceptors (Lipinski definition) is 3. The summed E-state index contributed by atoms with van der Waals surface area (Å²) in [6, 6.07) is 5.18. The van der Waals surface area contributed by atoms with Crippen LogP contribution in [-0.4, -0.2) is 4.92 Å². The zero-order chi connectivity index (χ0) is 10.7. The van der Waals surface area contributed by atoms with Crippen molar-refractivity contribution in [3.63, 3.8) is 0 Å². The van der Waals surface area contributed by atoms with Gasteiger partial charge in [-0.05, 0) is 19.1 Å². The first-order valence-corrected chi connectivity index (χ1v) is 4.66. The van der Waals surface area contributed by atoms with Crippen LogP contribution in [0.15, 0.2) is 16.6 Å². The molecule has 14 heavy (non-hydrogen) atoms. The fourth-order valence-corrected chi connectivity index (χ4v) is 1.91. The van der Waals surface area contributed by atoms with E-state index in [9.17, 15) is 10.1 Å². The minimum Gasteiger partial charge on any atom is -0.258 e. The molecule has 0 bridgehead atoms. The van der Waals surface area contributed by atoms with Gasteiger partial charge in [-0.2, -0.15) is 5.26 Å². The Morgan fingerprint density at radius 2 is 2.29 bits per heavy atom. The Morgan fingerprint density at radius 3 is 2.79 bits per heavy atom. The maximum absolute atomic E-state index is 10.7. The third kappa shape index (κ3) is 2.09. The van der Waals surface area contributed by atoms with E-state index in [2.05, 4.69) is 15.9 Å². The molecule has 1 aromatic carbocycles. The molecule has 0 saturated carbocycles. The van der Waals surface area contributed by atoms with Crippen LogP contribution < -0.4 is 0 Å². The van der Waals surface area contributed by atoms with Crippen molar-refractivity contribution in [3.05, 3.63) is 37.8 Å². The van der Waals surface area contributed by atoms with Crippen LogP contribution in [0, 0.1) is 28.4 Å².